The fraction of sp³-hybridized carbons (Fsp3) is 0.700. The van der Waals surface area contributed by atoms with E-state index in [-0.39, 0.29) is 5.97 Å². The minimum Gasteiger partial charge on any atom is -0.457 e. The lowest BCUT2D eigenvalue weighted by Crippen LogP contribution is -2.24. The van der Waals surface area contributed by atoms with Gasteiger partial charge in [0, 0.05) is 5.57 Å². The molecule has 0 heterocycles. The van der Waals surface area contributed by atoms with Gasteiger partial charge in [0.15, 0.2) is 0 Å². The van der Waals surface area contributed by atoms with Crippen LogP contribution in [0.15, 0.2) is 11.6 Å². The summed E-state index contributed by atoms with van der Waals surface area (Å²) >= 11 is 0. The van der Waals surface area contributed by atoms with Crippen LogP contribution in [0.1, 0.15) is 34.1 Å². The van der Waals surface area contributed by atoms with Crippen LogP contribution in [0.25, 0.3) is 0 Å². The van der Waals surface area contributed by atoms with E-state index in [4.69, 9.17) is 10.5 Å². The van der Waals surface area contributed by atoms with Crippen molar-refractivity contribution in [3.8, 4) is 0 Å². The van der Waals surface area contributed by atoms with Gasteiger partial charge in [-0.05, 0) is 40.7 Å². The van der Waals surface area contributed by atoms with Gasteiger partial charge < -0.3 is 10.5 Å². The molecule has 0 aliphatic rings. The van der Waals surface area contributed by atoms with E-state index in [0.29, 0.717) is 18.5 Å². The second-order valence-corrected chi connectivity index (χ2v) is 3.97. The number of hydrogen-bond donors (Lipinski definition) is 1. The van der Waals surface area contributed by atoms with Crippen molar-refractivity contribution >= 4 is 5.97 Å². The molecule has 0 aromatic carbocycles. The summed E-state index contributed by atoms with van der Waals surface area (Å²) in [6.45, 7) is 7.84. The lowest BCUT2D eigenvalue weighted by molar-refractivity contribution is -0.149. The molecule has 0 amide bonds. The molecule has 0 aliphatic heterocycles. The Morgan fingerprint density at radius 1 is 1.46 bits per heavy atom. The molecule has 0 saturated carbocycles. The first kappa shape index (κ1) is 12.2. The monoisotopic (exact) mass is 185 g/mol. The molecule has 3 heteroatoms. The van der Waals surface area contributed by atoms with E-state index in [1.165, 1.54) is 0 Å². The Bertz CT molecular complexity index is 201. The predicted molar refractivity (Wildman–Crippen MR) is 53.3 cm³/mol. The number of nitrogens with two attached hydrogens (primary N) is 1. The Hall–Kier alpha value is -0.830. The van der Waals surface area contributed by atoms with E-state index < -0.39 is 5.60 Å². The molecule has 0 spiro atoms. The summed E-state index contributed by atoms with van der Waals surface area (Å²) in [4.78, 5) is 11.3. The summed E-state index contributed by atoms with van der Waals surface area (Å²) in [6, 6.07) is 0. The van der Waals surface area contributed by atoms with Gasteiger partial charge in [0.1, 0.15) is 5.60 Å². The summed E-state index contributed by atoms with van der Waals surface area (Å²) in [7, 11) is 0. The van der Waals surface area contributed by atoms with E-state index in [2.05, 4.69) is 0 Å². The lowest BCUT2D eigenvalue weighted by atomic mass is 10.2. The van der Waals surface area contributed by atoms with Crippen molar-refractivity contribution in [2.75, 3.05) is 6.54 Å². The molecule has 0 aliphatic carbocycles. The van der Waals surface area contributed by atoms with Gasteiger partial charge in [-0.2, -0.15) is 0 Å². The van der Waals surface area contributed by atoms with Crippen molar-refractivity contribution in [1.82, 2.24) is 0 Å². The zero-order valence-corrected chi connectivity index (χ0v) is 8.89. The van der Waals surface area contributed by atoms with Gasteiger partial charge in [-0.25, -0.2) is 4.79 Å². The maximum Gasteiger partial charge on any atom is 0.333 e. The van der Waals surface area contributed by atoms with Crippen LogP contribution in [0.4, 0.5) is 0 Å². The molecular weight excluding hydrogens is 166 g/mol. The average molecular weight is 185 g/mol. The molecule has 0 bridgehead atoms. The summed E-state index contributed by atoms with van der Waals surface area (Å²) in [5.74, 6) is -0.263. The average Bonchev–Trinajstić information content (AvgIpc) is 1.96. The molecule has 0 rings (SSSR count). The molecule has 0 radical (unpaired) electrons. The van der Waals surface area contributed by atoms with Gasteiger partial charge in [-0.1, -0.05) is 6.08 Å². The highest BCUT2D eigenvalue weighted by Gasteiger charge is 2.16. The molecule has 2 N–H and O–H groups in total. The van der Waals surface area contributed by atoms with Crippen LogP contribution < -0.4 is 5.73 Å². The van der Waals surface area contributed by atoms with Crippen molar-refractivity contribution in [2.45, 2.75) is 39.7 Å². The molecule has 0 aromatic rings. The lowest BCUT2D eigenvalue weighted by Gasteiger charge is -2.19. The number of ether oxygens (including phenoxy) is 1. The third-order valence-corrected chi connectivity index (χ3v) is 1.34. The fourth-order valence-corrected chi connectivity index (χ4v) is 0.742. The van der Waals surface area contributed by atoms with Gasteiger partial charge in [0.05, 0.1) is 0 Å². The van der Waals surface area contributed by atoms with E-state index >= 15 is 0 Å². The quantitative estimate of drug-likeness (QED) is 0.537. The minimum absolute atomic E-state index is 0.263. The van der Waals surface area contributed by atoms with Crippen molar-refractivity contribution < 1.29 is 9.53 Å². The summed E-state index contributed by atoms with van der Waals surface area (Å²) in [5.41, 5.74) is 5.51. The Kier molecular flexibility index (Phi) is 4.70. The van der Waals surface area contributed by atoms with E-state index in [1.807, 2.05) is 20.8 Å². The van der Waals surface area contributed by atoms with E-state index in [1.54, 1.807) is 13.0 Å². The van der Waals surface area contributed by atoms with E-state index in [0.717, 1.165) is 0 Å². The van der Waals surface area contributed by atoms with Crippen molar-refractivity contribution in [1.29, 1.82) is 0 Å². The highest BCUT2D eigenvalue weighted by molar-refractivity contribution is 5.87. The molecule has 3 nitrogen and oxygen atoms in total. The second-order valence-electron chi connectivity index (χ2n) is 3.97. The van der Waals surface area contributed by atoms with E-state index in [9.17, 15) is 4.79 Å². The highest BCUT2D eigenvalue weighted by Crippen LogP contribution is 2.10. The molecule has 0 aromatic heterocycles. The SMILES string of the molecule is C/C(=C\CCN)C(=O)OC(C)(C)C. The molecule has 0 saturated heterocycles. The number of rotatable bonds is 3. The number of hydrogen-bond acceptors (Lipinski definition) is 3. The standard InChI is InChI=1S/C10H19NO2/c1-8(6-5-7-11)9(12)13-10(2,3)4/h6H,5,7,11H2,1-4H3/b8-6+. The van der Waals surface area contributed by atoms with Crippen molar-refractivity contribution in [2.24, 2.45) is 5.73 Å². The van der Waals surface area contributed by atoms with Crippen LogP contribution in [-0.4, -0.2) is 18.1 Å². The predicted octanol–water partition coefficient (Wildman–Crippen LogP) is 1.62. The Labute approximate surface area is 79.9 Å². The van der Waals surface area contributed by atoms with Crippen LogP contribution in [0.5, 0.6) is 0 Å². The van der Waals surface area contributed by atoms with Gasteiger partial charge in [-0.15, -0.1) is 0 Å². The smallest absolute Gasteiger partial charge is 0.333 e. The van der Waals surface area contributed by atoms with Gasteiger partial charge in [0.2, 0.25) is 0 Å². The second kappa shape index (κ2) is 5.02. The van der Waals surface area contributed by atoms with Crippen LogP contribution in [0.3, 0.4) is 0 Å². The van der Waals surface area contributed by atoms with Gasteiger partial charge in [-0.3, -0.25) is 0 Å². The zero-order chi connectivity index (χ0) is 10.5. The normalized spacial score (nSPS) is 12.8. The number of carbonyl (C=O) groups excluding carboxylic acids is 1. The molecule has 76 valence electrons. The highest BCUT2D eigenvalue weighted by atomic mass is 16.6. The van der Waals surface area contributed by atoms with Crippen LogP contribution >= 0.6 is 0 Å². The van der Waals surface area contributed by atoms with Crippen molar-refractivity contribution in [3.63, 3.8) is 0 Å². The van der Waals surface area contributed by atoms with Gasteiger partial charge >= 0.3 is 5.97 Å². The first-order valence-corrected chi connectivity index (χ1v) is 4.47. The largest absolute Gasteiger partial charge is 0.457 e. The topological polar surface area (TPSA) is 52.3 Å². The number of esters is 1. The summed E-state index contributed by atoms with van der Waals surface area (Å²) in [6.07, 6.45) is 2.51. The maximum atomic E-state index is 11.3. The first-order valence-electron chi connectivity index (χ1n) is 4.47. The van der Waals surface area contributed by atoms with Crippen molar-refractivity contribution in [3.05, 3.63) is 11.6 Å². The molecular formula is C10H19NO2. The number of carbonyl (C=O) groups is 1. The summed E-state index contributed by atoms with van der Waals surface area (Å²) in [5, 5.41) is 0. The zero-order valence-electron chi connectivity index (χ0n) is 8.89. The van der Waals surface area contributed by atoms with Gasteiger partial charge in [0.25, 0.3) is 0 Å². The molecule has 0 fully saturated rings. The first-order chi connectivity index (χ1) is 5.87. The third-order valence-electron chi connectivity index (χ3n) is 1.34. The summed E-state index contributed by atoms with van der Waals surface area (Å²) < 4.78 is 5.15. The Morgan fingerprint density at radius 3 is 2.38 bits per heavy atom. The maximum absolute atomic E-state index is 11.3. The Balaban J connectivity index is 4.12. The van der Waals surface area contributed by atoms with Crippen LogP contribution in [0.2, 0.25) is 0 Å². The molecule has 0 atom stereocenters. The van der Waals surface area contributed by atoms with Crippen LogP contribution in [0, 0.1) is 0 Å². The molecule has 13 heavy (non-hydrogen) atoms. The fourth-order valence-electron chi connectivity index (χ4n) is 0.742. The third kappa shape index (κ3) is 6.34. The minimum atomic E-state index is -0.422. The van der Waals surface area contributed by atoms with Crippen LogP contribution in [-0.2, 0) is 9.53 Å². The molecule has 0 unspecified atom stereocenters. The Morgan fingerprint density at radius 2 is 2.00 bits per heavy atom.